The molecule has 3 heterocycles. The van der Waals surface area contributed by atoms with E-state index in [0.29, 0.717) is 10.3 Å². The molecule has 2 aliphatic rings. The van der Waals surface area contributed by atoms with Gasteiger partial charge in [-0.15, -0.1) is 11.3 Å². The van der Waals surface area contributed by atoms with Gasteiger partial charge in [0.15, 0.2) is 40.4 Å². The summed E-state index contributed by atoms with van der Waals surface area (Å²) in [5, 5.41) is 23.2. The summed E-state index contributed by atoms with van der Waals surface area (Å²) in [5.74, 6) is -9.37. The highest BCUT2D eigenvalue weighted by Crippen LogP contribution is 2.41. The monoisotopic (exact) mass is 1360 g/mol. The van der Waals surface area contributed by atoms with Gasteiger partial charge in [0.1, 0.15) is 6.10 Å². The van der Waals surface area contributed by atoms with E-state index >= 15 is 8.78 Å². The Balaban J connectivity index is 1.04. The smallest absolute Gasteiger partial charge is 0.306 e. The molecule has 8 N–H and O–H groups in total. The number of imide groups is 1. The molecule has 0 aliphatic carbocycles. The van der Waals surface area contributed by atoms with Gasteiger partial charge in [-0.1, -0.05) is 13.8 Å². The van der Waals surface area contributed by atoms with Crippen LogP contribution in [0.1, 0.15) is 93.4 Å². The van der Waals surface area contributed by atoms with Crippen LogP contribution in [0.4, 0.5) is 13.6 Å². The maximum atomic E-state index is 16.1. The largest absolute Gasteiger partial charge is 0.493 e. The molecule has 34 heteroatoms. The molecule has 1 unspecified atom stereocenters. The second kappa shape index (κ2) is 37.5. The lowest BCUT2D eigenvalue weighted by Gasteiger charge is -2.31. The van der Waals surface area contributed by atoms with Gasteiger partial charge in [0, 0.05) is 104 Å². The van der Waals surface area contributed by atoms with Gasteiger partial charge in [0.2, 0.25) is 46.9 Å². The maximum absolute atomic E-state index is 16.1. The zero-order chi connectivity index (χ0) is 69.1. The number of methoxy groups -OCH3 is 2. The third kappa shape index (κ3) is 23.4. The standard InChI is InChI=1S/C60H78F2N9O21SSi/c1-7-89-53(83)13-9-39(73)43-26-37-42(93-43)27-41(87-6)58(55(37)61)91-21-8-20-90-57-40(86-5)25-36-32-70(33-38(36)56(57)62)50(80)12-14-54(84)92-35(2)60(3,4)34-68-44(74)16-24-94(69-45(75)15-18-71-51(81)10-11-52(71)82)59(85)67-31-49(79)66-30-48(78)65-29-47(77)64-28-46(76)63-17-22-88-23-19-72/h10-11,25-27,35,72H,7-9,12-24,28-34H2,1-6H3,(H,63,76)(H,64,77)(H,65,78)(H,66,79)(H,67,85)(H,68,74)(H,69,75). The first-order valence-electron chi connectivity index (χ1n) is 29.9. The number of amides is 10. The number of aliphatic hydroxyl groups is 1. The Kier molecular flexibility index (Phi) is 30.2. The summed E-state index contributed by atoms with van der Waals surface area (Å²) >= 11 is 1.05. The first-order valence-corrected chi connectivity index (χ1v) is 32.4. The van der Waals surface area contributed by atoms with Crippen molar-refractivity contribution in [1.82, 2.24) is 46.7 Å². The number of nitrogens with zero attached hydrogens (tertiary/aromatic N) is 2. The van der Waals surface area contributed by atoms with Gasteiger partial charge in [0.05, 0.1) is 97.8 Å². The number of hydrogen-bond acceptors (Lipinski definition) is 22. The highest BCUT2D eigenvalue weighted by Gasteiger charge is 2.34. The fourth-order valence-corrected chi connectivity index (χ4v) is 11.6. The third-order valence-corrected chi connectivity index (χ3v) is 17.5. The van der Waals surface area contributed by atoms with E-state index in [1.165, 1.54) is 31.3 Å². The molecule has 0 saturated heterocycles. The van der Waals surface area contributed by atoms with Crippen molar-refractivity contribution >= 4 is 107 Å². The van der Waals surface area contributed by atoms with Crippen molar-refractivity contribution in [2.75, 3.05) is 99.7 Å². The highest BCUT2D eigenvalue weighted by atomic mass is 32.1. The molecule has 1 radical (unpaired) electrons. The number of Topliss-reactive ketones (excluding diaryl/α,β-unsaturated/α-hetero) is 1. The van der Waals surface area contributed by atoms with Crippen LogP contribution in [-0.2, 0) is 80.0 Å². The Labute approximate surface area is 544 Å². The van der Waals surface area contributed by atoms with Crippen LogP contribution in [0.5, 0.6) is 23.0 Å². The summed E-state index contributed by atoms with van der Waals surface area (Å²) in [6.45, 7) is 4.09. The number of thiophene rings is 1. The summed E-state index contributed by atoms with van der Waals surface area (Å²) in [6.07, 6.45) is -0.193. The van der Waals surface area contributed by atoms with Gasteiger partial charge in [-0.3, -0.25) is 67.2 Å². The summed E-state index contributed by atoms with van der Waals surface area (Å²) in [7, 11) is -0.0732. The first-order chi connectivity index (χ1) is 44.8. The molecule has 1 atom stereocenters. The Morgan fingerprint density at radius 2 is 1.28 bits per heavy atom. The molecule has 5 rings (SSSR count). The lowest BCUT2D eigenvalue weighted by atomic mass is 9.87. The molecular formula is C60H78F2N9O21SSi. The molecule has 10 amide bonds. The average Bonchev–Trinajstić information content (AvgIpc) is 1.62. The third-order valence-electron chi connectivity index (χ3n) is 14.4. The number of hydrogen-bond donors (Lipinski definition) is 8. The normalized spacial score (nSPS) is 12.8. The number of benzene rings is 2. The first kappa shape index (κ1) is 75.6. The Hall–Kier alpha value is -9.15. The number of rotatable bonds is 41. The van der Waals surface area contributed by atoms with Crippen LogP contribution >= 0.6 is 11.3 Å². The molecule has 0 fully saturated rings. The molecular weight excluding hydrogens is 1280 g/mol. The van der Waals surface area contributed by atoms with E-state index in [4.69, 9.17) is 38.3 Å². The molecule has 2 aliphatic heterocycles. The zero-order valence-corrected chi connectivity index (χ0v) is 54.7. The topological polar surface area (TPSA) is 397 Å². The number of carbonyl (C=O) groups excluding carboxylic acids is 13. The van der Waals surface area contributed by atoms with Crippen molar-refractivity contribution in [2.24, 2.45) is 5.41 Å². The minimum atomic E-state index is -2.72. The number of halogens is 2. The summed E-state index contributed by atoms with van der Waals surface area (Å²) in [4.78, 5) is 169. The summed E-state index contributed by atoms with van der Waals surface area (Å²) in [5.41, 5.74) is -1.10. The van der Waals surface area contributed by atoms with E-state index in [0.717, 1.165) is 28.4 Å². The van der Waals surface area contributed by atoms with Gasteiger partial charge in [0.25, 0.3) is 20.8 Å². The van der Waals surface area contributed by atoms with Gasteiger partial charge in [-0.2, -0.15) is 0 Å². The number of aliphatic hydroxyl groups excluding tert-OH is 1. The van der Waals surface area contributed by atoms with Gasteiger partial charge in [-0.05, 0) is 37.6 Å². The fourth-order valence-electron chi connectivity index (χ4n) is 8.82. The maximum Gasteiger partial charge on any atom is 0.306 e. The second-order valence-electron chi connectivity index (χ2n) is 21.7. The molecule has 0 saturated carbocycles. The molecule has 94 heavy (non-hydrogen) atoms. The lowest BCUT2D eigenvalue weighted by molar-refractivity contribution is -0.155. The predicted octanol–water partition coefficient (Wildman–Crippen LogP) is 0.845. The van der Waals surface area contributed by atoms with Gasteiger partial charge >= 0.3 is 11.9 Å². The number of ketones is 1. The molecule has 2 aromatic carbocycles. The van der Waals surface area contributed by atoms with E-state index in [1.54, 1.807) is 33.8 Å². The molecule has 0 bridgehead atoms. The number of ether oxygens (including phenoxy) is 7. The Morgan fingerprint density at radius 1 is 0.681 bits per heavy atom. The van der Waals surface area contributed by atoms with E-state index in [1.807, 2.05) is 0 Å². The molecule has 513 valence electrons. The lowest BCUT2D eigenvalue weighted by Crippen LogP contribution is -2.53. The average molecular weight is 1360 g/mol. The molecule has 1 aromatic heterocycles. The second-order valence-corrected chi connectivity index (χ2v) is 24.9. The number of nitrogens with one attached hydrogen (secondary N) is 7. The van der Waals surface area contributed by atoms with Gasteiger partial charge < -0.3 is 80.0 Å². The van der Waals surface area contributed by atoms with E-state index in [9.17, 15) is 62.3 Å². The van der Waals surface area contributed by atoms with Crippen LogP contribution in [0, 0.1) is 17.0 Å². The number of esters is 2. The van der Waals surface area contributed by atoms with Crippen molar-refractivity contribution in [3.05, 3.63) is 58.0 Å². The highest BCUT2D eigenvalue weighted by molar-refractivity contribution is 7.20. The summed E-state index contributed by atoms with van der Waals surface area (Å²) in [6, 6.07) is 4.26. The van der Waals surface area contributed by atoms with Gasteiger partial charge in [-0.25, -0.2) is 8.78 Å². The zero-order valence-electron chi connectivity index (χ0n) is 52.9. The number of fused-ring (bicyclic) bond motifs is 2. The van der Waals surface area contributed by atoms with E-state index in [2.05, 4.69) is 36.9 Å². The Morgan fingerprint density at radius 3 is 1.89 bits per heavy atom. The molecule has 30 nitrogen and oxygen atoms in total. The van der Waals surface area contributed by atoms with E-state index in [-0.39, 0.29) is 162 Å². The fraction of sp³-hybridized carbons (Fsp3) is 0.517. The SMILES string of the molecule is CCOC(=O)CCC(=O)c1cc2c(F)c(OCCCOc3c(OC)cc4c(c3F)CN(C(=O)CCC(=O)OC(C)C(C)(C)CNC(=O)CC[Si](NC(=O)CCN3C(=O)C=CC3=O)C(=O)NCC(=O)NCC(=O)NCC(=O)NCC(=O)NCCOCCO)C4)c(OC)cc2s1. The van der Waals surface area contributed by atoms with Crippen LogP contribution in [0.3, 0.4) is 0 Å². The van der Waals surface area contributed by atoms with Crippen LogP contribution < -0.4 is 55.8 Å². The van der Waals surface area contributed by atoms with Crippen LogP contribution in [0.2, 0.25) is 6.04 Å². The Bertz CT molecular complexity index is 3310. The van der Waals surface area contributed by atoms with Crippen LogP contribution in [0.15, 0.2) is 30.4 Å². The summed E-state index contributed by atoms with van der Waals surface area (Å²) < 4.78 is 70.3. The van der Waals surface area contributed by atoms with Crippen molar-refractivity contribution < 1.29 is 109 Å². The number of carbonyl (C=O) groups is 13. The van der Waals surface area contributed by atoms with Crippen LogP contribution in [0.25, 0.3) is 10.1 Å². The minimum absolute atomic E-state index is 0.00223. The quantitative estimate of drug-likeness (QED) is 0.0128. The van der Waals surface area contributed by atoms with E-state index < -0.39 is 135 Å². The molecule has 0 spiro atoms. The van der Waals surface area contributed by atoms with Crippen molar-refractivity contribution in [1.29, 1.82) is 0 Å². The van der Waals surface area contributed by atoms with Crippen LogP contribution in [-0.4, -0.2) is 206 Å². The van der Waals surface area contributed by atoms with Crippen molar-refractivity contribution in [3.63, 3.8) is 0 Å². The predicted molar refractivity (Wildman–Crippen MR) is 330 cm³/mol. The molecule has 3 aromatic rings. The van der Waals surface area contributed by atoms with Crippen molar-refractivity contribution in [3.8, 4) is 23.0 Å². The minimum Gasteiger partial charge on any atom is -0.493 e. The van der Waals surface area contributed by atoms with Crippen molar-refractivity contribution in [2.45, 2.75) is 97.9 Å².